The fourth-order valence-electron chi connectivity index (χ4n) is 1.70. The molecule has 0 aliphatic heterocycles. The van der Waals surface area contributed by atoms with Crippen LogP contribution in [0.4, 0.5) is 4.39 Å². The van der Waals surface area contributed by atoms with Gasteiger partial charge in [-0.2, -0.15) is 0 Å². The van der Waals surface area contributed by atoms with E-state index in [0.717, 1.165) is 17.7 Å². The Balaban J connectivity index is 1.97. The molecule has 0 unspecified atom stereocenters. The van der Waals surface area contributed by atoms with Crippen LogP contribution in [0, 0.1) is 12.7 Å². The number of nitrogens with zero attached hydrogens (tertiary/aromatic N) is 1. The molecule has 0 saturated carbocycles. The van der Waals surface area contributed by atoms with Crippen molar-refractivity contribution in [2.24, 2.45) is 0 Å². The first kappa shape index (κ1) is 13.2. The minimum atomic E-state index is -0.230. The molecular formula is C14H14BrFN2. The van der Waals surface area contributed by atoms with Gasteiger partial charge in [0.15, 0.2) is 0 Å². The van der Waals surface area contributed by atoms with Crippen molar-refractivity contribution in [3.05, 3.63) is 63.6 Å². The van der Waals surface area contributed by atoms with Crippen molar-refractivity contribution in [3.63, 3.8) is 0 Å². The van der Waals surface area contributed by atoms with Gasteiger partial charge in [0.05, 0.1) is 4.47 Å². The molecule has 0 atom stereocenters. The Morgan fingerprint density at radius 1 is 1.22 bits per heavy atom. The van der Waals surface area contributed by atoms with E-state index in [1.165, 1.54) is 11.6 Å². The van der Waals surface area contributed by atoms with Gasteiger partial charge in [0.2, 0.25) is 0 Å². The van der Waals surface area contributed by atoms with E-state index in [1.54, 1.807) is 12.3 Å². The first-order chi connectivity index (χ1) is 8.68. The molecule has 2 nitrogen and oxygen atoms in total. The highest BCUT2D eigenvalue weighted by Gasteiger charge is 2.04. The number of hydrogen-bond donors (Lipinski definition) is 1. The Bertz CT molecular complexity index is 543. The first-order valence-corrected chi connectivity index (χ1v) is 6.51. The number of benzene rings is 1. The summed E-state index contributed by atoms with van der Waals surface area (Å²) in [6.45, 7) is 3.39. The van der Waals surface area contributed by atoms with Crippen molar-refractivity contribution in [3.8, 4) is 0 Å². The second-order valence-corrected chi connectivity index (χ2v) is 4.91. The molecule has 0 aliphatic carbocycles. The monoisotopic (exact) mass is 308 g/mol. The molecule has 1 N–H and O–H groups in total. The summed E-state index contributed by atoms with van der Waals surface area (Å²) in [5, 5.41) is 3.29. The Morgan fingerprint density at radius 2 is 2.00 bits per heavy atom. The molecule has 1 aromatic heterocycles. The number of aryl methyl sites for hydroxylation is 1. The van der Waals surface area contributed by atoms with E-state index < -0.39 is 0 Å². The molecule has 0 fully saturated rings. The standard InChI is InChI=1S/C14H14BrFN2/c1-10-5-6-17-8-12(10)9-18-7-11-3-2-4-13(16)14(11)15/h2-6,8,18H,7,9H2,1H3. The van der Waals surface area contributed by atoms with Gasteiger partial charge in [-0.25, -0.2) is 4.39 Å². The third-order valence-corrected chi connectivity index (χ3v) is 3.70. The van der Waals surface area contributed by atoms with Crippen LogP contribution in [0.3, 0.4) is 0 Å². The van der Waals surface area contributed by atoms with E-state index in [2.05, 4.69) is 33.2 Å². The van der Waals surface area contributed by atoms with Crippen molar-refractivity contribution in [1.82, 2.24) is 10.3 Å². The predicted octanol–water partition coefficient (Wildman–Crippen LogP) is 3.58. The van der Waals surface area contributed by atoms with E-state index in [0.29, 0.717) is 11.0 Å². The molecule has 0 saturated heterocycles. The van der Waals surface area contributed by atoms with Crippen LogP contribution in [0.2, 0.25) is 0 Å². The van der Waals surface area contributed by atoms with Crippen molar-refractivity contribution in [2.75, 3.05) is 0 Å². The van der Waals surface area contributed by atoms with Crippen molar-refractivity contribution >= 4 is 15.9 Å². The molecule has 0 radical (unpaired) electrons. The second kappa shape index (κ2) is 6.07. The van der Waals surface area contributed by atoms with Gasteiger partial charge in [-0.15, -0.1) is 0 Å². The summed E-state index contributed by atoms with van der Waals surface area (Å²) in [4.78, 5) is 4.09. The topological polar surface area (TPSA) is 24.9 Å². The van der Waals surface area contributed by atoms with Gasteiger partial charge in [-0.3, -0.25) is 4.98 Å². The third kappa shape index (κ3) is 3.15. The van der Waals surface area contributed by atoms with Crippen molar-refractivity contribution in [2.45, 2.75) is 20.0 Å². The van der Waals surface area contributed by atoms with Gasteiger partial charge in [-0.05, 0) is 51.7 Å². The summed E-state index contributed by atoms with van der Waals surface area (Å²) in [5.41, 5.74) is 3.28. The fraction of sp³-hybridized carbons (Fsp3) is 0.214. The van der Waals surface area contributed by atoms with Crippen molar-refractivity contribution in [1.29, 1.82) is 0 Å². The van der Waals surface area contributed by atoms with E-state index >= 15 is 0 Å². The first-order valence-electron chi connectivity index (χ1n) is 5.71. The quantitative estimate of drug-likeness (QED) is 0.934. The Kier molecular flexibility index (Phi) is 4.44. The molecule has 0 amide bonds. The van der Waals surface area contributed by atoms with Crippen LogP contribution < -0.4 is 5.32 Å². The van der Waals surface area contributed by atoms with Crippen LogP contribution in [-0.4, -0.2) is 4.98 Å². The van der Waals surface area contributed by atoms with E-state index in [9.17, 15) is 4.39 Å². The number of pyridine rings is 1. The normalized spacial score (nSPS) is 10.6. The molecule has 1 heterocycles. The lowest BCUT2D eigenvalue weighted by Gasteiger charge is -2.09. The van der Waals surface area contributed by atoms with Gasteiger partial charge in [-0.1, -0.05) is 12.1 Å². The maximum absolute atomic E-state index is 13.3. The zero-order valence-corrected chi connectivity index (χ0v) is 11.7. The summed E-state index contributed by atoms with van der Waals surface area (Å²) in [6.07, 6.45) is 3.63. The van der Waals surface area contributed by atoms with Crippen LogP contribution in [0.25, 0.3) is 0 Å². The smallest absolute Gasteiger partial charge is 0.137 e. The lowest BCUT2D eigenvalue weighted by molar-refractivity contribution is 0.612. The van der Waals surface area contributed by atoms with E-state index in [4.69, 9.17) is 0 Å². The summed E-state index contributed by atoms with van der Waals surface area (Å²) >= 11 is 3.25. The average Bonchev–Trinajstić information content (AvgIpc) is 2.37. The van der Waals surface area contributed by atoms with Gasteiger partial charge >= 0.3 is 0 Å². The molecule has 0 bridgehead atoms. The molecule has 2 aromatic rings. The van der Waals surface area contributed by atoms with E-state index in [1.807, 2.05) is 18.3 Å². The highest BCUT2D eigenvalue weighted by Crippen LogP contribution is 2.20. The number of nitrogens with one attached hydrogen (secondary N) is 1. The number of rotatable bonds is 4. The SMILES string of the molecule is Cc1ccncc1CNCc1cccc(F)c1Br. The molecule has 1 aromatic carbocycles. The maximum atomic E-state index is 13.3. The summed E-state index contributed by atoms with van der Waals surface area (Å²) in [7, 11) is 0. The minimum Gasteiger partial charge on any atom is -0.309 e. The highest BCUT2D eigenvalue weighted by molar-refractivity contribution is 9.10. The van der Waals surface area contributed by atoms with Crippen LogP contribution in [0.1, 0.15) is 16.7 Å². The summed E-state index contributed by atoms with van der Waals surface area (Å²) < 4.78 is 13.8. The predicted molar refractivity (Wildman–Crippen MR) is 73.6 cm³/mol. The van der Waals surface area contributed by atoms with Crippen LogP contribution in [0.15, 0.2) is 41.1 Å². The average molecular weight is 309 g/mol. The zero-order chi connectivity index (χ0) is 13.0. The van der Waals surface area contributed by atoms with Crippen LogP contribution in [0.5, 0.6) is 0 Å². The Hall–Kier alpha value is -1.26. The second-order valence-electron chi connectivity index (χ2n) is 4.12. The lowest BCUT2D eigenvalue weighted by Crippen LogP contribution is -2.14. The Morgan fingerprint density at radius 3 is 2.78 bits per heavy atom. The van der Waals surface area contributed by atoms with Gasteiger partial charge in [0.1, 0.15) is 5.82 Å². The Labute approximate surface area is 114 Å². The van der Waals surface area contributed by atoms with Crippen LogP contribution in [-0.2, 0) is 13.1 Å². The minimum absolute atomic E-state index is 0.230. The number of halogens is 2. The molecule has 18 heavy (non-hydrogen) atoms. The fourth-order valence-corrected chi connectivity index (χ4v) is 2.10. The third-order valence-electron chi connectivity index (χ3n) is 2.81. The van der Waals surface area contributed by atoms with Crippen LogP contribution >= 0.6 is 15.9 Å². The lowest BCUT2D eigenvalue weighted by atomic mass is 10.1. The molecule has 0 spiro atoms. The van der Waals surface area contributed by atoms with Gasteiger partial charge < -0.3 is 5.32 Å². The molecule has 2 rings (SSSR count). The summed E-state index contributed by atoms with van der Waals surface area (Å²) in [5.74, 6) is -0.230. The maximum Gasteiger partial charge on any atom is 0.137 e. The van der Waals surface area contributed by atoms with Crippen molar-refractivity contribution < 1.29 is 4.39 Å². The zero-order valence-electron chi connectivity index (χ0n) is 10.1. The van der Waals surface area contributed by atoms with Gasteiger partial charge in [0, 0.05) is 25.5 Å². The number of hydrogen-bond acceptors (Lipinski definition) is 2. The molecule has 4 heteroatoms. The largest absolute Gasteiger partial charge is 0.309 e. The summed E-state index contributed by atoms with van der Waals surface area (Å²) in [6, 6.07) is 7.04. The molecule has 94 valence electrons. The molecule has 0 aliphatic rings. The highest BCUT2D eigenvalue weighted by atomic mass is 79.9. The number of aromatic nitrogens is 1. The van der Waals surface area contributed by atoms with Gasteiger partial charge in [0.25, 0.3) is 0 Å². The van der Waals surface area contributed by atoms with E-state index in [-0.39, 0.29) is 5.82 Å². The molecular weight excluding hydrogens is 295 g/mol.